The second-order valence-corrected chi connectivity index (χ2v) is 14.7. The number of ether oxygens (including phenoxy) is 1. The Morgan fingerprint density at radius 3 is 2.15 bits per heavy atom. The van der Waals surface area contributed by atoms with Gasteiger partial charge in [-0.05, 0) is 65.6 Å². The van der Waals surface area contributed by atoms with Crippen LogP contribution in [0.5, 0.6) is 0 Å². The molecular formula is C22H42O4Si. The van der Waals surface area contributed by atoms with E-state index >= 15 is 0 Å². The molecule has 5 heteroatoms. The van der Waals surface area contributed by atoms with Crippen LogP contribution >= 0.6 is 0 Å². The SMILES string of the molecule is CC(/C=C/CCCO[Si](C)(C)C(C)(C)C)=C\[C@H](C(=O)OC(C)(C)C)[C@@H](C)O. The number of allylic oxidation sites excluding steroid dienone is 3. The summed E-state index contributed by atoms with van der Waals surface area (Å²) >= 11 is 0. The lowest BCUT2D eigenvalue weighted by Crippen LogP contribution is -2.40. The molecule has 0 aliphatic heterocycles. The van der Waals surface area contributed by atoms with Gasteiger partial charge in [-0.1, -0.05) is 44.6 Å². The maximum atomic E-state index is 12.3. The number of hydrogen-bond acceptors (Lipinski definition) is 4. The fourth-order valence-electron chi connectivity index (χ4n) is 2.13. The zero-order valence-electron chi connectivity index (χ0n) is 19.2. The summed E-state index contributed by atoms with van der Waals surface area (Å²) in [6.45, 7) is 21.1. The number of carbonyl (C=O) groups excluding carboxylic acids is 1. The summed E-state index contributed by atoms with van der Waals surface area (Å²) in [7, 11) is -1.67. The molecule has 27 heavy (non-hydrogen) atoms. The van der Waals surface area contributed by atoms with E-state index < -0.39 is 31.9 Å². The van der Waals surface area contributed by atoms with Gasteiger partial charge in [-0.2, -0.15) is 0 Å². The molecule has 0 amide bonds. The largest absolute Gasteiger partial charge is 0.459 e. The highest BCUT2D eigenvalue weighted by atomic mass is 28.4. The Morgan fingerprint density at radius 2 is 1.70 bits per heavy atom. The normalized spacial score (nSPS) is 16.5. The average Bonchev–Trinajstić information content (AvgIpc) is 2.44. The molecule has 158 valence electrons. The molecule has 0 radical (unpaired) electrons. The van der Waals surface area contributed by atoms with Crippen molar-refractivity contribution in [2.75, 3.05) is 6.61 Å². The minimum Gasteiger partial charge on any atom is -0.459 e. The van der Waals surface area contributed by atoms with Gasteiger partial charge in [0, 0.05) is 6.61 Å². The van der Waals surface area contributed by atoms with Gasteiger partial charge in [0.25, 0.3) is 0 Å². The third-order valence-corrected chi connectivity index (χ3v) is 9.34. The molecule has 4 nitrogen and oxygen atoms in total. The molecule has 0 saturated carbocycles. The van der Waals surface area contributed by atoms with Crippen molar-refractivity contribution < 1.29 is 19.1 Å². The summed E-state index contributed by atoms with van der Waals surface area (Å²) in [5, 5.41) is 10.2. The molecule has 0 aliphatic rings. The molecule has 0 saturated heterocycles. The summed E-state index contributed by atoms with van der Waals surface area (Å²) in [5.74, 6) is -1.05. The van der Waals surface area contributed by atoms with Crippen molar-refractivity contribution in [3.05, 3.63) is 23.8 Å². The van der Waals surface area contributed by atoms with Crippen molar-refractivity contribution in [2.45, 2.75) is 98.1 Å². The number of unbranched alkanes of at least 4 members (excludes halogenated alkanes) is 1. The molecule has 0 unspecified atom stereocenters. The molecule has 0 aromatic heterocycles. The van der Waals surface area contributed by atoms with Crippen LogP contribution in [0.15, 0.2) is 23.8 Å². The van der Waals surface area contributed by atoms with E-state index in [1.807, 2.05) is 33.8 Å². The molecule has 0 spiro atoms. The van der Waals surface area contributed by atoms with E-state index in [1.54, 1.807) is 13.0 Å². The Bertz CT molecular complexity index is 519. The standard InChI is InChI=1S/C22H42O4Si/c1-17(16-19(18(2)23)20(24)26-21(3,4)5)14-12-11-13-15-25-27(9,10)22(6,7)8/h12,14,16,18-19,23H,11,13,15H2,1-10H3/b14-12+,17-16+/t18-,19+/m1/s1. The van der Waals surface area contributed by atoms with Crippen LogP contribution in [0.25, 0.3) is 0 Å². The minimum absolute atomic E-state index is 0.236. The van der Waals surface area contributed by atoms with Crippen LogP contribution in [0.1, 0.15) is 68.2 Å². The van der Waals surface area contributed by atoms with E-state index in [0.29, 0.717) is 0 Å². The van der Waals surface area contributed by atoms with Gasteiger partial charge < -0.3 is 14.3 Å². The monoisotopic (exact) mass is 398 g/mol. The Morgan fingerprint density at radius 1 is 1.15 bits per heavy atom. The second-order valence-electron chi connectivity index (χ2n) is 9.86. The van der Waals surface area contributed by atoms with Crippen LogP contribution in [-0.2, 0) is 14.0 Å². The van der Waals surface area contributed by atoms with E-state index in [2.05, 4.69) is 39.9 Å². The fraction of sp³-hybridized carbons (Fsp3) is 0.773. The second kappa shape index (κ2) is 10.6. The third kappa shape index (κ3) is 10.9. The van der Waals surface area contributed by atoms with Gasteiger partial charge in [-0.15, -0.1) is 0 Å². The summed E-state index contributed by atoms with van der Waals surface area (Å²) in [5.41, 5.74) is 0.378. The minimum atomic E-state index is -1.67. The predicted octanol–water partition coefficient (Wildman–Crippen LogP) is 5.63. The smallest absolute Gasteiger partial charge is 0.315 e. The first-order chi connectivity index (χ1) is 12.1. The first-order valence-electron chi connectivity index (χ1n) is 9.96. The summed E-state index contributed by atoms with van der Waals surface area (Å²) < 4.78 is 11.6. The number of rotatable bonds is 9. The maximum Gasteiger partial charge on any atom is 0.315 e. The number of carbonyl (C=O) groups is 1. The van der Waals surface area contributed by atoms with Gasteiger partial charge in [0.15, 0.2) is 8.32 Å². The topological polar surface area (TPSA) is 55.8 Å². The van der Waals surface area contributed by atoms with Gasteiger partial charge in [-0.25, -0.2) is 0 Å². The van der Waals surface area contributed by atoms with Crippen molar-refractivity contribution in [1.82, 2.24) is 0 Å². The van der Waals surface area contributed by atoms with Crippen LogP contribution in [0.3, 0.4) is 0 Å². The Kier molecular flexibility index (Phi) is 10.2. The lowest BCUT2D eigenvalue weighted by Gasteiger charge is -2.36. The zero-order chi connectivity index (χ0) is 21.5. The van der Waals surface area contributed by atoms with Gasteiger partial charge in [0.2, 0.25) is 0 Å². The Balaban J connectivity index is 4.59. The van der Waals surface area contributed by atoms with Crippen LogP contribution < -0.4 is 0 Å². The molecule has 1 N–H and O–H groups in total. The molecule has 0 bridgehead atoms. The summed E-state index contributed by atoms with van der Waals surface area (Å²) in [6, 6.07) is 0. The van der Waals surface area contributed by atoms with Crippen molar-refractivity contribution >= 4 is 14.3 Å². The van der Waals surface area contributed by atoms with Gasteiger partial charge in [-0.3, -0.25) is 4.79 Å². The summed E-state index contributed by atoms with van der Waals surface area (Å²) in [4.78, 5) is 12.3. The van der Waals surface area contributed by atoms with E-state index in [9.17, 15) is 9.90 Å². The van der Waals surface area contributed by atoms with E-state index in [-0.39, 0.29) is 5.04 Å². The van der Waals surface area contributed by atoms with Crippen molar-refractivity contribution in [2.24, 2.45) is 5.92 Å². The van der Waals surface area contributed by atoms with Crippen molar-refractivity contribution in [3.63, 3.8) is 0 Å². The number of aliphatic hydroxyl groups excluding tert-OH is 1. The highest BCUT2D eigenvalue weighted by molar-refractivity contribution is 6.74. The third-order valence-electron chi connectivity index (χ3n) is 4.81. The highest BCUT2D eigenvalue weighted by Crippen LogP contribution is 2.36. The van der Waals surface area contributed by atoms with Gasteiger partial charge >= 0.3 is 5.97 Å². The van der Waals surface area contributed by atoms with Gasteiger partial charge in [0.05, 0.1) is 6.10 Å². The lowest BCUT2D eigenvalue weighted by atomic mass is 10.00. The number of aliphatic hydroxyl groups is 1. The van der Waals surface area contributed by atoms with E-state index in [4.69, 9.17) is 9.16 Å². The van der Waals surface area contributed by atoms with E-state index in [1.165, 1.54) is 0 Å². The molecule has 0 heterocycles. The summed E-state index contributed by atoms with van der Waals surface area (Å²) in [6.07, 6.45) is 6.97. The van der Waals surface area contributed by atoms with Crippen LogP contribution in [0, 0.1) is 5.92 Å². The molecule has 0 aromatic rings. The molecule has 0 rings (SSSR count). The molecule has 0 aliphatic carbocycles. The van der Waals surface area contributed by atoms with Crippen molar-refractivity contribution in [3.8, 4) is 0 Å². The lowest BCUT2D eigenvalue weighted by molar-refractivity contribution is -0.161. The highest BCUT2D eigenvalue weighted by Gasteiger charge is 2.36. The molecular weight excluding hydrogens is 356 g/mol. The van der Waals surface area contributed by atoms with E-state index in [0.717, 1.165) is 25.0 Å². The maximum absolute atomic E-state index is 12.3. The molecule has 2 atom stereocenters. The average molecular weight is 399 g/mol. The fourth-order valence-corrected chi connectivity index (χ4v) is 3.21. The zero-order valence-corrected chi connectivity index (χ0v) is 20.2. The first kappa shape index (κ1) is 26.1. The van der Waals surface area contributed by atoms with Crippen molar-refractivity contribution in [1.29, 1.82) is 0 Å². The Labute approximate surface area is 168 Å². The molecule has 0 aromatic carbocycles. The number of esters is 1. The quantitative estimate of drug-likeness (QED) is 0.237. The van der Waals surface area contributed by atoms with Gasteiger partial charge in [0.1, 0.15) is 11.5 Å². The number of hydrogen-bond donors (Lipinski definition) is 1. The predicted molar refractivity (Wildman–Crippen MR) is 116 cm³/mol. The molecule has 0 fully saturated rings. The van der Waals surface area contributed by atoms with Crippen LogP contribution in [-0.4, -0.2) is 37.7 Å². The van der Waals surface area contributed by atoms with Crippen LogP contribution in [0.2, 0.25) is 18.1 Å². The Hall–Kier alpha value is -0.913. The first-order valence-corrected chi connectivity index (χ1v) is 12.9. The van der Waals surface area contributed by atoms with Crippen LogP contribution in [0.4, 0.5) is 0 Å².